The molecule has 0 amide bonds. The van der Waals surface area contributed by atoms with Gasteiger partial charge in [-0.1, -0.05) is 37.3 Å². The normalized spacial score (nSPS) is 20.1. The Morgan fingerprint density at radius 1 is 1.20 bits per heavy atom. The Bertz CT molecular complexity index is 283. The van der Waals surface area contributed by atoms with Crippen molar-refractivity contribution >= 4 is 0 Å². The molecule has 2 rings (SSSR count). The van der Waals surface area contributed by atoms with Crippen molar-refractivity contribution in [3.63, 3.8) is 0 Å². The monoisotopic (exact) mass is 204 g/mol. The number of hydrogen-bond donors (Lipinski definition) is 2. The number of rotatable bonds is 3. The maximum Gasteiger partial charge on any atom is 0.0458 e. The predicted molar refractivity (Wildman–Crippen MR) is 63.9 cm³/mol. The first-order valence-electron chi connectivity index (χ1n) is 5.89. The fourth-order valence-corrected chi connectivity index (χ4v) is 2.52. The summed E-state index contributed by atoms with van der Waals surface area (Å²) in [7, 11) is 0. The van der Waals surface area contributed by atoms with Gasteiger partial charge in [-0.25, -0.2) is 0 Å². The molecule has 0 unspecified atom stereocenters. The molecule has 0 bridgehead atoms. The van der Waals surface area contributed by atoms with Crippen molar-refractivity contribution in [1.82, 2.24) is 10.6 Å². The van der Waals surface area contributed by atoms with Crippen molar-refractivity contribution < 1.29 is 0 Å². The summed E-state index contributed by atoms with van der Waals surface area (Å²) in [4.78, 5) is 0. The highest BCUT2D eigenvalue weighted by Gasteiger charge is 2.32. The molecule has 0 saturated carbocycles. The molecule has 2 nitrogen and oxygen atoms in total. The van der Waals surface area contributed by atoms with Gasteiger partial charge in [-0.15, -0.1) is 0 Å². The van der Waals surface area contributed by atoms with Crippen molar-refractivity contribution in [3.05, 3.63) is 35.9 Å². The van der Waals surface area contributed by atoms with Crippen LogP contribution in [0.25, 0.3) is 0 Å². The molecule has 0 aromatic heterocycles. The van der Waals surface area contributed by atoms with E-state index >= 15 is 0 Å². The van der Waals surface area contributed by atoms with Gasteiger partial charge < -0.3 is 10.6 Å². The van der Waals surface area contributed by atoms with Crippen molar-refractivity contribution in [2.24, 2.45) is 0 Å². The zero-order chi connectivity index (χ0) is 10.6. The van der Waals surface area contributed by atoms with E-state index in [0.717, 1.165) is 19.6 Å². The lowest BCUT2D eigenvalue weighted by molar-refractivity contribution is 0.251. The Morgan fingerprint density at radius 2 is 1.87 bits per heavy atom. The van der Waals surface area contributed by atoms with Gasteiger partial charge in [-0.05, 0) is 38.0 Å². The summed E-state index contributed by atoms with van der Waals surface area (Å²) in [6.07, 6.45) is 2.37. The van der Waals surface area contributed by atoms with Crippen LogP contribution in [-0.4, -0.2) is 19.6 Å². The van der Waals surface area contributed by atoms with Crippen LogP contribution in [0.3, 0.4) is 0 Å². The molecule has 2 heteroatoms. The second kappa shape index (κ2) is 4.77. The third-order valence-corrected chi connectivity index (χ3v) is 3.30. The quantitative estimate of drug-likeness (QED) is 0.785. The second-order valence-corrected chi connectivity index (χ2v) is 4.23. The molecule has 1 aromatic carbocycles. The van der Waals surface area contributed by atoms with Crippen LogP contribution in [0.4, 0.5) is 0 Å². The van der Waals surface area contributed by atoms with Gasteiger partial charge in [0.2, 0.25) is 0 Å². The first-order valence-corrected chi connectivity index (χ1v) is 5.89. The van der Waals surface area contributed by atoms with Crippen molar-refractivity contribution in [2.45, 2.75) is 25.3 Å². The lowest BCUT2D eigenvalue weighted by Gasteiger charge is -2.39. The molecule has 82 valence electrons. The maximum atomic E-state index is 3.67. The van der Waals surface area contributed by atoms with Crippen LogP contribution in [-0.2, 0) is 5.54 Å². The Kier molecular flexibility index (Phi) is 3.39. The minimum atomic E-state index is 0.210. The average molecular weight is 204 g/mol. The number of nitrogens with one attached hydrogen (secondary N) is 2. The number of benzene rings is 1. The largest absolute Gasteiger partial charge is 0.317 e. The van der Waals surface area contributed by atoms with Crippen molar-refractivity contribution in [3.8, 4) is 0 Å². The minimum absolute atomic E-state index is 0.210. The van der Waals surface area contributed by atoms with Crippen LogP contribution in [0.5, 0.6) is 0 Å². The zero-order valence-electron chi connectivity index (χ0n) is 9.42. The van der Waals surface area contributed by atoms with Crippen LogP contribution in [0, 0.1) is 0 Å². The molecule has 0 radical (unpaired) electrons. The van der Waals surface area contributed by atoms with Gasteiger partial charge in [0.1, 0.15) is 0 Å². The summed E-state index contributed by atoms with van der Waals surface area (Å²) < 4.78 is 0. The molecule has 1 heterocycles. The molecular weight excluding hydrogens is 184 g/mol. The second-order valence-electron chi connectivity index (χ2n) is 4.23. The number of piperidine rings is 1. The van der Waals surface area contributed by atoms with E-state index < -0.39 is 0 Å². The van der Waals surface area contributed by atoms with Gasteiger partial charge in [0, 0.05) is 5.54 Å². The molecule has 1 aromatic rings. The highest BCUT2D eigenvalue weighted by atomic mass is 15.0. The summed E-state index contributed by atoms with van der Waals surface area (Å²) in [5.41, 5.74) is 1.65. The van der Waals surface area contributed by atoms with E-state index in [4.69, 9.17) is 0 Å². The molecule has 2 N–H and O–H groups in total. The van der Waals surface area contributed by atoms with Gasteiger partial charge in [0.15, 0.2) is 0 Å². The molecule has 15 heavy (non-hydrogen) atoms. The van der Waals surface area contributed by atoms with Crippen LogP contribution in [0.15, 0.2) is 30.3 Å². The Morgan fingerprint density at radius 3 is 2.47 bits per heavy atom. The maximum absolute atomic E-state index is 3.67. The molecule has 0 aliphatic carbocycles. The van der Waals surface area contributed by atoms with E-state index in [0.29, 0.717) is 0 Å². The Hall–Kier alpha value is -0.860. The average Bonchev–Trinajstić information content (AvgIpc) is 2.32. The van der Waals surface area contributed by atoms with E-state index in [9.17, 15) is 0 Å². The Balaban J connectivity index is 2.25. The SMILES string of the molecule is CCNC1(c2ccccc2)CCNCC1. The minimum Gasteiger partial charge on any atom is -0.317 e. The molecule has 0 spiro atoms. The molecule has 1 aliphatic rings. The third-order valence-electron chi connectivity index (χ3n) is 3.30. The first-order chi connectivity index (χ1) is 7.37. The fraction of sp³-hybridized carbons (Fsp3) is 0.538. The summed E-state index contributed by atoms with van der Waals surface area (Å²) in [5, 5.41) is 7.10. The smallest absolute Gasteiger partial charge is 0.0458 e. The molecule has 1 aliphatic heterocycles. The standard InChI is InChI=1S/C13H20N2/c1-2-15-13(8-10-14-11-9-13)12-6-4-3-5-7-12/h3-7,14-15H,2,8-11H2,1H3. The van der Waals surface area contributed by atoms with Gasteiger partial charge in [-0.3, -0.25) is 0 Å². The van der Waals surface area contributed by atoms with Gasteiger partial charge in [-0.2, -0.15) is 0 Å². The fourth-order valence-electron chi connectivity index (χ4n) is 2.52. The highest BCUT2D eigenvalue weighted by Crippen LogP contribution is 2.30. The Labute approximate surface area is 92.1 Å². The predicted octanol–water partition coefficient (Wildman–Crippen LogP) is 1.87. The van der Waals surface area contributed by atoms with Gasteiger partial charge in [0.05, 0.1) is 0 Å². The molecule has 1 fully saturated rings. The van der Waals surface area contributed by atoms with E-state index in [1.54, 1.807) is 0 Å². The van der Waals surface area contributed by atoms with Crippen LogP contribution < -0.4 is 10.6 Å². The van der Waals surface area contributed by atoms with Crippen LogP contribution in [0.2, 0.25) is 0 Å². The molecule has 1 saturated heterocycles. The van der Waals surface area contributed by atoms with E-state index in [1.165, 1.54) is 18.4 Å². The van der Waals surface area contributed by atoms with Crippen LogP contribution in [0.1, 0.15) is 25.3 Å². The summed E-state index contributed by atoms with van der Waals surface area (Å²) >= 11 is 0. The van der Waals surface area contributed by atoms with Crippen molar-refractivity contribution in [1.29, 1.82) is 0 Å². The number of hydrogen-bond acceptors (Lipinski definition) is 2. The third kappa shape index (κ3) is 2.21. The van der Waals surface area contributed by atoms with Gasteiger partial charge in [0.25, 0.3) is 0 Å². The summed E-state index contributed by atoms with van der Waals surface area (Å²) in [5.74, 6) is 0. The van der Waals surface area contributed by atoms with Crippen LogP contribution >= 0.6 is 0 Å². The first kappa shape index (κ1) is 10.7. The lowest BCUT2D eigenvalue weighted by atomic mass is 9.81. The van der Waals surface area contributed by atoms with E-state index in [1.807, 2.05) is 0 Å². The molecule has 0 atom stereocenters. The molecular formula is C13H20N2. The van der Waals surface area contributed by atoms with Crippen molar-refractivity contribution in [2.75, 3.05) is 19.6 Å². The summed E-state index contributed by atoms with van der Waals surface area (Å²) in [6.45, 7) is 5.45. The van der Waals surface area contributed by atoms with E-state index in [-0.39, 0.29) is 5.54 Å². The lowest BCUT2D eigenvalue weighted by Crippen LogP contribution is -2.49. The van der Waals surface area contributed by atoms with E-state index in [2.05, 4.69) is 47.9 Å². The topological polar surface area (TPSA) is 24.1 Å². The van der Waals surface area contributed by atoms with Gasteiger partial charge >= 0.3 is 0 Å². The highest BCUT2D eigenvalue weighted by molar-refractivity contribution is 5.25. The summed E-state index contributed by atoms with van der Waals surface area (Å²) in [6, 6.07) is 10.8. The zero-order valence-corrected chi connectivity index (χ0v) is 9.42.